The predicted molar refractivity (Wildman–Crippen MR) is 65.4 cm³/mol. The van der Waals surface area contributed by atoms with E-state index in [-0.39, 0.29) is 0 Å². The lowest BCUT2D eigenvalue weighted by molar-refractivity contribution is 0.180. The van der Waals surface area contributed by atoms with Crippen molar-refractivity contribution < 1.29 is 0 Å². The molecule has 0 amide bonds. The van der Waals surface area contributed by atoms with Gasteiger partial charge in [-0.2, -0.15) is 0 Å². The summed E-state index contributed by atoms with van der Waals surface area (Å²) in [4.78, 5) is 10.9. The van der Waals surface area contributed by atoms with Crippen molar-refractivity contribution in [1.29, 1.82) is 0 Å². The monoisotopic (exact) mass is 220 g/mol. The third-order valence-corrected chi connectivity index (χ3v) is 3.14. The topological polar surface area (TPSA) is 41.1 Å². The van der Waals surface area contributed by atoms with Crippen molar-refractivity contribution in [3.63, 3.8) is 0 Å². The molecule has 1 aliphatic heterocycles. The van der Waals surface area contributed by atoms with E-state index in [0.29, 0.717) is 6.04 Å². The minimum atomic E-state index is 0.559. The molecule has 1 aromatic heterocycles. The molecule has 1 aromatic rings. The molecule has 1 N–H and O–H groups in total. The number of hydrogen-bond donors (Lipinski definition) is 1. The molecule has 0 aromatic carbocycles. The van der Waals surface area contributed by atoms with Crippen molar-refractivity contribution in [2.75, 3.05) is 25.0 Å². The number of nitrogens with one attached hydrogen (secondary N) is 1. The van der Waals surface area contributed by atoms with E-state index in [1.807, 2.05) is 6.07 Å². The van der Waals surface area contributed by atoms with Gasteiger partial charge in [0.15, 0.2) is 0 Å². The maximum absolute atomic E-state index is 4.16. The normalized spacial score (nSPS) is 19.3. The van der Waals surface area contributed by atoms with Crippen LogP contribution >= 0.6 is 0 Å². The number of aromatic nitrogens is 2. The lowest BCUT2D eigenvalue weighted by Gasteiger charge is -2.32. The zero-order chi connectivity index (χ0) is 11.2. The van der Waals surface area contributed by atoms with Crippen LogP contribution in [0.25, 0.3) is 0 Å². The van der Waals surface area contributed by atoms with Gasteiger partial charge >= 0.3 is 0 Å². The Balaban J connectivity index is 1.76. The lowest BCUT2D eigenvalue weighted by Crippen LogP contribution is -2.41. The second-order valence-corrected chi connectivity index (χ2v) is 4.40. The summed E-state index contributed by atoms with van der Waals surface area (Å²) < 4.78 is 0. The standard InChI is InChI=1S/C12H20N4/c1-11(16-8-3-2-4-9-16)10-15-12-13-6-5-7-14-12/h5-7,11H,2-4,8-10H2,1H3,(H,13,14,15). The highest BCUT2D eigenvalue weighted by Gasteiger charge is 2.16. The van der Waals surface area contributed by atoms with Crippen molar-refractivity contribution in [3.05, 3.63) is 18.5 Å². The van der Waals surface area contributed by atoms with Gasteiger partial charge in [-0.25, -0.2) is 9.97 Å². The number of hydrogen-bond acceptors (Lipinski definition) is 4. The van der Waals surface area contributed by atoms with Crippen LogP contribution in [0.1, 0.15) is 26.2 Å². The Morgan fingerprint density at radius 2 is 1.94 bits per heavy atom. The van der Waals surface area contributed by atoms with Crippen LogP contribution in [0.15, 0.2) is 18.5 Å². The van der Waals surface area contributed by atoms with Gasteiger partial charge in [-0.1, -0.05) is 6.42 Å². The van der Waals surface area contributed by atoms with Crippen molar-refractivity contribution >= 4 is 5.95 Å². The van der Waals surface area contributed by atoms with Gasteiger partial charge in [0, 0.05) is 25.0 Å². The van der Waals surface area contributed by atoms with Gasteiger partial charge in [0.25, 0.3) is 0 Å². The van der Waals surface area contributed by atoms with Crippen LogP contribution in [0.3, 0.4) is 0 Å². The lowest BCUT2D eigenvalue weighted by atomic mass is 10.1. The van der Waals surface area contributed by atoms with E-state index >= 15 is 0 Å². The van der Waals surface area contributed by atoms with Crippen molar-refractivity contribution in [1.82, 2.24) is 14.9 Å². The minimum absolute atomic E-state index is 0.559. The summed E-state index contributed by atoms with van der Waals surface area (Å²) in [5.41, 5.74) is 0. The third kappa shape index (κ3) is 3.17. The highest BCUT2D eigenvalue weighted by molar-refractivity contribution is 5.22. The molecule has 0 aliphatic carbocycles. The molecule has 0 saturated carbocycles. The maximum atomic E-state index is 4.16. The second-order valence-electron chi connectivity index (χ2n) is 4.40. The fourth-order valence-electron chi connectivity index (χ4n) is 2.12. The Hall–Kier alpha value is -1.16. The van der Waals surface area contributed by atoms with Crippen LogP contribution in [0.5, 0.6) is 0 Å². The average Bonchev–Trinajstić information content (AvgIpc) is 2.38. The van der Waals surface area contributed by atoms with E-state index in [9.17, 15) is 0 Å². The summed E-state index contributed by atoms with van der Waals surface area (Å²) in [6, 6.07) is 2.39. The van der Waals surface area contributed by atoms with Crippen LogP contribution in [0, 0.1) is 0 Å². The Labute approximate surface area is 97.1 Å². The smallest absolute Gasteiger partial charge is 0.222 e. The van der Waals surface area contributed by atoms with Gasteiger partial charge < -0.3 is 5.32 Å². The molecule has 1 fully saturated rings. The summed E-state index contributed by atoms with van der Waals surface area (Å²) >= 11 is 0. The Morgan fingerprint density at radius 1 is 1.25 bits per heavy atom. The largest absolute Gasteiger partial charge is 0.353 e. The molecule has 1 unspecified atom stereocenters. The number of nitrogens with zero attached hydrogens (tertiary/aromatic N) is 3. The molecule has 2 rings (SSSR count). The molecule has 2 heterocycles. The van der Waals surface area contributed by atoms with Crippen LogP contribution in [-0.4, -0.2) is 40.5 Å². The maximum Gasteiger partial charge on any atom is 0.222 e. The number of rotatable bonds is 4. The predicted octanol–water partition coefficient (Wildman–Crippen LogP) is 1.76. The highest BCUT2D eigenvalue weighted by Crippen LogP contribution is 2.12. The first-order valence-corrected chi connectivity index (χ1v) is 6.11. The summed E-state index contributed by atoms with van der Waals surface area (Å²) in [6.45, 7) is 5.66. The summed E-state index contributed by atoms with van der Waals surface area (Å²) in [7, 11) is 0. The van der Waals surface area contributed by atoms with Crippen molar-refractivity contribution in [2.45, 2.75) is 32.2 Å². The van der Waals surface area contributed by atoms with Gasteiger partial charge in [0.2, 0.25) is 5.95 Å². The molecule has 1 saturated heterocycles. The molecule has 88 valence electrons. The van der Waals surface area contributed by atoms with Gasteiger partial charge in [-0.15, -0.1) is 0 Å². The fourth-order valence-corrected chi connectivity index (χ4v) is 2.12. The van der Waals surface area contributed by atoms with Gasteiger partial charge in [0.05, 0.1) is 0 Å². The van der Waals surface area contributed by atoms with Crippen LogP contribution in [-0.2, 0) is 0 Å². The van der Waals surface area contributed by atoms with Gasteiger partial charge in [-0.3, -0.25) is 4.90 Å². The van der Waals surface area contributed by atoms with E-state index in [2.05, 4.69) is 27.1 Å². The Bertz CT molecular complexity index is 295. The Morgan fingerprint density at radius 3 is 2.62 bits per heavy atom. The summed E-state index contributed by atoms with van der Waals surface area (Å²) in [6.07, 6.45) is 7.60. The van der Waals surface area contributed by atoms with Gasteiger partial charge in [0.1, 0.15) is 0 Å². The molecule has 0 spiro atoms. The summed E-state index contributed by atoms with van der Waals surface area (Å²) in [5, 5.41) is 3.28. The SMILES string of the molecule is CC(CNc1ncccn1)N1CCCCC1. The molecular weight excluding hydrogens is 200 g/mol. The first-order chi connectivity index (χ1) is 7.86. The molecular formula is C12H20N4. The van der Waals surface area contributed by atoms with Gasteiger partial charge in [-0.05, 0) is 38.9 Å². The quantitative estimate of drug-likeness (QED) is 0.839. The zero-order valence-corrected chi connectivity index (χ0v) is 9.89. The highest BCUT2D eigenvalue weighted by atomic mass is 15.2. The van der Waals surface area contributed by atoms with E-state index in [0.717, 1.165) is 12.5 Å². The fraction of sp³-hybridized carbons (Fsp3) is 0.667. The van der Waals surface area contributed by atoms with E-state index in [1.165, 1.54) is 32.4 Å². The molecule has 4 heteroatoms. The first-order valence-electron chi connectivity index (χ1n) is 6.11. The van der Waals surface area contributed by atoms with E-state index < -0.39 is 0 Å². The third-order valence-electron chi connectivity index (χ3n) is 3.14. The first kappa shape index (κ1) is 11.3. The van der Waals surface area contributed by atoms with E-state index in [1.54, 1.807) is 12.4 Å². The molecule has 4 nitrogen and oxygen atoms in total. The van der Waals surface area contributed by atoms with Crippen LogP contribution in [0.2, 0.25) is 0 Å². The molecule has 1 aliphatic rings. The minimum Gasteiger partial charge on any atom is -0.353 e. The van der Waals surface area contributed by atoms with Crippen LogP contribution in [0.4, 0.5) is 5.95 Å². The zero-order valence-electron chi connectivity index (χ0n) is 9.89. The average molecular weight is 220 g/mol. The number of likely N-dealkylation sites (tertiary alicyclic amines) is 1. The molecule has 16 heavy (non-hydrogen) atoms. The summed E-state index contributed by atoms with van der Waals surface area (Å²) in [5.74, 6) is 0.728. The second kappa shape index (κ2) is 5.80. The van der Waals surface area contributed by atoms with Crippen LogP contribution < -0.4 is 5.32 Å². The number of piperidine rings is 1. The molecule has 0 bridgehead atoms. The van der Waals surface area contributed by atoms with Crippen molar-refractivity contribution in [3.8, 4) is 0 Å². The van der Waals surface area contributed by atoms with E-state index in [4.69, 9.17) is 0 Å². The Kier molecular flexibility index (Phi) is 4.10. The molecule has 0 radical (unpaired) electrons. The van der Waals surface area contributed by atoms with Crippen molar-refractivity contribution in [2.24, 2.45) is 0 Å². The molecule has 1 atom stereocenters. The number of anilines is 1.